The van der Waals surface area contributed by atoms with Crippen LogP contribution in [0.3, 0.4) is 0 Å². The van der Waals surface area contributed by atoms with Gasteiger partial charge in [-0.15, -0.1) is 0 Å². The van der Waals surface area contributed by atoms with Crippen molar-refractivity contribution in [3.05, 3.63) is 29.6 Å². The van der Waals surface area contributed by atoms with Crippen LogP contribution in [-0.4, -0.2) is 20.8 Å². The highest BCUT2D eigenvalue weighted by molar-refractivity contribution is 7.86. The predicted molar refractivity (Wildman–Crippen MR) is 45.8 cm³/mol. The van der Waals surface area contributed by atoms with Gasteiger partial charge >= 0.3 is 11.5 Å². The summed E-state index contributed by atoms with van der Waals surface area (Å²) in [6.07, 6.45) is 0. The van der Waals surface area contributed by atoms with Crippen molar-refractivity contribution in [2.45, 2.75) is 10.4 Å². The Kier molecular flexibility index (Phi) is 3.32. The summed E-state index contributed by atoms with van der Waals surface area (Å²) < 4.78 is 59.7. The lowest BCUT2D eigenvalue weighted by Gasteiger charge is -2.06. The van der Waals surface area contributed by atoms with Crippen LogP contribution in [0.1, 0.15) is 10.4 Å². The van der Waals surface area contributed by atoms with Crippen molar-refractivity contribution in [3.63, 3.8) is 0 Å². The number of hydrogen-bond acceptors (Lipinski definition) is 2. The Morgan fingerprint density at radius 2 is 1.88 bits per heavy atom. The maximum absolute atomic E-state index is 12.8. The van der Waals surface area contributed by atoms with Gasteiger partial charge in [0.1, 0.15) is 5.82 Å². The Bertz CT molecular complexity index is 455. The second-order valence-corrected chi connectivity index (χ2v) is 4.13. The minimum atomic E-state index is -5.01. The van der Waals surface area contributed by atoms with E-state index < -0.39 is 38.6 Å². The van der Waals surface area contributed by atoms with Crippen molar-refractivity contribution in [1.29, 1.82) is 0 Å². The van der Waals surface area contributed by atoms with Gasteiger partial charge in [-0.2, -0.15) is 13.2 Å². The van der Waals surface area contributed by atoms with E-state index in [0.29, 0.717) is 18.2 Å². The average molecular weight is 256 g/mol. The summed E-state index contributed by atoms with van der Waals surface area (Å²) in [5, 5.41) is 8.45. The fourth-order valence-electron chi connectivity index (χ4n) is 0.917. The topological polar surface area (TPSA) is 54.4 Å². The van der Waals surface area contributed by atoms with Gasteiger partial charge in [0.05, 0.1) is 5.56 Å². The highest BCUT2D eigenvalue weighted by Crippen LogP contribution is 2.27. The molecule has 0 radical (unpaired) electrons. The van der Waals surface area contributed by atoms with Crippen LogP contribution in [0.5, 0.6) is 0 Å². The Labute approximate surface area is 89.2 Å². The summed E-state index contributed by atoms with van der Waals surface area (Å²) in [4.78, 5) is 9.63. The third kappa shape index (κ3) is 2.57. The maximum atomic E-state index is 12.8. The summed E-state index contributed by atoms with van der Waals surface area (Å²) in [5.41, 5.74) is -5.96. The van der Waals surface area contributed by atoms with E-state index in [1.165, 1.54) is 0 Å². The fraction of sp³-hybridized carbons (Fsp3) is 0.125. The SMILES string of the molecule is O=C(O)c1cc(S(=O)C(F)(F)F)ccc1F. The van der Waals surface area contributed by atoms with Crippen LogP contribution < -0.4 is 0 Å². The molecule has 0 aromatic heterocycles. The van der Waals surface area contributed by atoms with Crippen molar-refractivity contribution in [3.8, 4) is 0 Å². The van der Waals surface area contributed by atoms with E-state index in [1.54, 1.807) is 0 Å². The average Bonchev–Trinajstić information content (AvgIpc) is 2.15. The Balaban J connectivity index is 3.24. The Morgan fingerprint density at radius 1 is 1.31 bits per heavy atom. The molecule has 1 unspecified atom stereocenters. The molecule has 0 heterocycles. The molecule has 0 aliphatic heterocycles. The van der Waals surface area contributed by atoms with Crippen molar-refractivity contribution in [2.24, 2.45) is 0 Å². The molecule has 0 bridgehead atoms. The normalized spacial score (nSPS) is 13.5. The van der Waals surface area contributed by atoms with E-state index in [2.05, 4.69) is 0 Å². The number of rotatable bonds is 2. The number of carboxylic acids is 1. The lowest BCUT2D eigenvalue weighted by molar-refractivity contribution is -0.0384. The van der Waals surface area contributed by atoms with Gasteiger partial charge < -0.3 is 5.11 Å². The maximum Gasteiger partial charge on any atom is 0.475 e. The van der Waals surface area contributed by atoms with Crippen LogP contribution in [0.2, 0.25) is 0 Å². The molecule has 0 aliphatic rings. The molecule has 0 spiro atoms. The van der Waals surface area contributed by atoms with E-state index in [4.69, 9.17) is 5.11 Å². The molecule has 1 rings (SSSR count). The monoisotopic (exact) mass is 256 g/mol. The van der Waals surface area contributed by atoms with Gasteiger partial charge in [-0.3, -0.25) is 0 Å². The zero-order valence-corrected chi connectivity index (χ0v) is 8.23. The lowest BCUT2D eigenvalue weighted by atomic mass is 10.2. The molecule has 0 saturated heterocycles. The lowest BCUT2D eigenvalue weighted by Crippen LogP contribution is -2.17. The molecule has 0 amide bonds. The summed E-state index contributed by atoms with van der Waals surface area (Å²) in [6, 6.07) is 1.56. The molecule has 0 saturated carbocycles. The molecule has 1 aromatic carbocycles. The molecule has 0 aliphatic carbocycles. The van der Waals surface area contributed by atoms with Crippen LogP contribution in [0.25, 0.3) is 0 Å². The quantitative estimate of drug-likeness (QED) is 0.825. The van der Waals surface area contributed by atoms with Gasteiger partial charge in [0.15, 0.2) is 10.8 Å². The molecular weight excluding hydrogens is 252 g/mol. The number of alkyl halides is 3. The first-order valence-corrected chi connectivity index (χ1v) is 4.90. The largest absolute Gasteiger partial charge is 0.478 e. The van der Waals surface area contributed by atoms with Crippen LogP contribution in [0.15, 0.2) is 23.1 Å². The third-order valence-electron chi connectivity index (χ3n) is 1.59. The number of aromatic carboxylic acids is 1. The summed E-state index contributed by atoms with van der Waals surface area (Å²) in [7, 11) is -3.37. The highest BCUT2D eigenvalue weighted by Gasteiger charge is 2.38. The second-order valence-electron chi connectivity index (χ2n) is 2.66. The molecule has 1 aromatic rings. The van der Waals surface area contributed by atoms with Crippen molar-refractivity contribution in [1.82, 2.24) is 0 Å². The molecule has 1 N–H and O–H groups in total. The van der Waals surface area contributed by atoms with E-state index in [1.807, 2.05) is 0 Å². The van der Waals surface area contributed by atoms with Crippen LogP contribution in [0, 0.1) is 5.82 Å². The smallest absolute Gasteiger partial charge is 0.475 e. The van der Waals surface area contributed by atoms with Crippen molar-refractivity contribution < 1.29 is 31.7 Å². The molecule has 3 nitrogen and oxygen atoms in total. The van der Waals surface area contributed by atoms with Crippen molar-refractivity contribution >= 4 is 16.8 Å². The van der Waals surface area contributed by atoms with E-state index >= 15 is 0 Å². The summed E-state index contributed by atoms with van der Waals surface area (Å²) >= 11 is 0. The standard InChI is InChI=1S/C8H4F4O3S/c9-6-2-1-4(3-5(6)7(13)14)16(15)8(10,11)12/h1-3H,(H,13,14). The molecule has 88 valence electrons. The molecule has 0 fully saturated rings. The molecule has 1 atom stereocenters. The number of hydrogen-bond donors (Lipinski definition) is 1. The molecule has 16 heavy (non-hydrogen) atoms. The van der Waals surface area contributed by atoms with Crippen molar-refractivity contribution in [2.75, 3.05) is 0 Å². The van der Waals surface area contributed by atoms with Gasteiger partial charge in [-0.1, -0.05) is 0 Å². The van der Waals surface area contributed by atoms with Crippen LogP contribution in [-0.2, 0) is 10.8 Å². The number of carboxylic acid groups (broad SMARTS) is 1. The first-order valence-electron chi connectivity index (χ1n) is 3.75. The van der Waals surface area contributed by atoms with Gasteiger partial charge in [0.2, 0.25) is 0 Å². The second kappa shape index (κ2) is 4.20. The minimum absolute atomic E-state index is 0.404. The fourth-order valence-corrected chi connectivity index (χ4v) is 1.60. The Hall–Kier alpha value is -1.44. The van der Waals surface area contributed by atoms with Crippen LogP contribution in [0.4, 0.5) is 17.6 Å². The summed E-state index contributed by atoms with van der Waals surface area (Å²) in [6.45, 7) is 0. The van der Waals surface area contributed by atoms with Gasteiger partial charge in [-0.05, 0) is 18.2 Å². The molecule has 8 heteroatoms. The summed E-state index contributed by atoms with van der Waals surface area (Å²) in [5.74, 6) is -2.91. The zero-order chi connectivity index (χ0) is 12.5. The highest BCUT2D eigenvalue weighted by atomic mass is 32.2. The minimum Gasteiger partial charge on any atom is -0.478 e. The third-order valence-corrected chi connectivity index (χ3v) is 2.70. The van der Waals surface area contributed by atoms with E-state index in [9.17, 15) is 26.6 Å². The van der Waals surface area contributed by atoms with E-state index in [-0.39, 0.29) is 0 Å². The van der Waals surface area contributed by atoms with Gasteiger partial charge in [-0.25, -0.2) is 13.4 Å². The Morgan fingerprint density at radius 3 is 2.31 bits per heavy atom. The number of carbonyl (C=O) groups is 1. The predicted octanol–water partition coefficient (Wildman–Crippen LogP) is 2.15. The van der Waals surface area contributed by atoms with Crippen LogP contribution >= 0.6 is 0 Å². The van der Waals surface area contributed by atoms with Gasteiger partial charge in [0, 0.05) is 4.90 Å². The van der Waals surface area contributed by atoms with E-state index in [0.717, 1.165) is 0 Å². The number of benzene rings is 1. The number of halogens is 4. The zero-order valence-electron chi connectivity index (χ0n) is 7.42. The molecular formula is C8H4F4O3S. The van der Waals surface area contributed by atoms with Gasteiger partial charge in [0.25, 0.3) is 0 Å². The first kappa shape index (κ1) is 12.6. The first-order chi connectivity index (χ1) is 7.23.